The molecule has 0 bridgehead atoms. The maximum absolute atomic E-state index is 13.2. The number of anilines is 1. The fourth-order valence-corrected chi connectivity index (χ4v) is 2.72. The van der Waals surface area contributed by atoms with Gasteiger partial charge in [-0.15, -0.1) is 0 Å². The van der Waals surface area contributed by atoms with Crippen LogP contribution in [-0.2, 0) is 0 Å². The van der Waals surface area contributed by atoms with E-state index in [4.69, 9.17) is 4.74 Å². The summed E-state index contributed by atoms with van der Waals surface area (Å²) in [5.74, 6) is 1.18. The summed E-state index contributed by atoms with van der Waals surface area (Å²) >= 11 is 0. The largest absolute Gasteiger partial charge is 0.497 e. The lowest BCUT2D eigenvalue weighted by Gasteiger charge is -2.37. The van der Waals surface area contributed by atoms with E-state index in [-0.39, 0.29) is 5.82 Å². The van der Waals surface area contributed by atoms with E-state index in [9.17, 15) is 4.39 Å². The first-order valence-corrected chi connectivity index (χ1v) is 6.90. The number of hydrogen-bond donors (Lipinski definition) is 1. The molecule has 2 aromatic rings. The van der Waals surface area contributed by atoms with Gasteiger partial charge in [0.25, 0.3) is 0 Å². The quantitative estimate of drug-likeness (QED) is 0.900. The standard InChI is InChI=1S/C17H18FNO/c1-20-17-7-3-6-15(11-17)19-16-9-13(10-16)12-4-2-5-14(18)8-12/h2-8,11,13,16,19H,9-10H2,1H3. The van der Waals surface area contributed by atoms with Crippen LogP contribution in [0.1, 0.15) is 24.3 Å². The third-order valence-electron chi connectivity index (χ3n) is 3.90. The van der Waals surface area contributed by atoms with E-state index in [0.717, 1.165) is 29.8 Å². The molecule has 1 aliphatic carbocycles. The molecule has 0 saturated heterocycles. The third kappa shape index (κ3) is 2.77. The van der Waals surface area contributed by atoms with E-state index in [1.807, 2.05) is 30.3 Å². The summed E-state index contributed by atoms with van der Waals surface area (Å²) < 4.78 is 18.4. The number of rotatable bonds is 4. The van der Waals surface area contributed by atoms with Crippen molar-refractivity contribution < 1.29 is 9.13 Å². The van der Waals surface area contributed by atoms with Gasteiger partial charge in [-0.2, -0.15) is 0 Å². The van der Waals surface area contributed by atoms with Crippen LogP contribution in [0.3, 0.4) is 0 Å². The van der Waals surface area contributed by atoms with Crippen LogP contribution in [0.25, 0.3) is 0 Å². The van der Waals surface area contributed by atoms with Gasteiger partial charge >= 0.3 is 0 Å². The predicted molar refractivity (Wildman–Crippen MR) is 78.8 cm³/mol. The Hall–Kier alpha value is -2.03. The zero-order chi connectivity index (χ0) is 13.9. The minimum absolute atomic E-state index is 0.147. The minimum atomic E-state index is -0.147. The Morgan fingerprint density at radius 1 is 1.10 bits per heavy atom. The molecule has 2 nitrogen and oxygen atoms in total. The molecule has 0 aromatic heterocycles. The molecule has 0 radical (unpaired) electrons. The van der Waals surface area contributed by atoms with Crippen LogP contribution in [0, 0.1) is 5.82 Å². The van der Waals surface area contributed by atoms with Crippen LogP contribution in [0.15, 0.2) is 48.5 Å². The molecule has 20 heavy (non-hydrogen) atoms. The van der Waals surface area contributed by atoms with Crippen LogP contribution in [0.4, 0.5) is 10.1 Å². The fraction of sp³-hybridized carbons (Fsp3) is 0.294. The first-order valence-electron chi connectivity index (χ1n) is 6.90. The van der Waals surface area contributed by atoms with Gasteiger partial charge in [0.05, 0.1) is 7.11 Å². The molecule has 1 fully saturated rings. The number of halogens is 1. The molecule has 2 aromatic carbocycles. The number of ether oxygens (including phenoxy) is 1. The van der Waals surface area contributed by atoms with Gasteiger partial charge in [-0.1, -0.05) is 18.2 Å². The smallest absolute Gasteiger partial charge is 0.123 e. The first kappa shape index (κ1) is 13.0. The topological polar surface area (TPSA) is 21.3 Å². The SMILES string of the molecule is COc1cccc(NC2CC(c3cccc(F)c3)C2)c1. The van der Waals surface area contributed by atoms with Crippen LogP contribution in [0.5, 0.6) is 5.75 Å². The third-order valence-corrected chi connectivity index (χ3v) is 3.90. The van der Waals surface area contributed by atoms with Crippen molar-refractivity contribution in [3.05, 3.63) is 59.9 Å². The minimum Gasteiger partial charge on any atom is -0.497 e. The molecule has 1 saturated carbocycles. The van der Waals surface area contributed by atoms with E-state index in [1.165, 1.54) is 6.07 Å². The first-order chi connectivity index (χ1) is 9.74. The summed E-state index contributed by atoms with van der Waals surface area (Å²) in [5.41, 5.74) is 2.18. The average molecular weight is 271 g/mol. The van der Waals surface area contributed by atoms with Crippen LogP contribution >= 0.6 is 0 Å². The van der Waals surface area contributed by atoms with Crippen LogP contribution in [0.2, 0.25) is 0 Å². The highest BCUT2D eigenvalue weighted by atomic mass is 19.1. The van der Waals surface area contributed by atoms with E-state index in [2.05, 4.69) is 5.32 Å². The Kier molecular flexibility index (Phi) is 3.59. The summed E-state index contributed by atoms with van der Waals surface area (Å²) in [6, 6.07) is 15.3. The normalized spacial score (nSPS) is 21.1. The molecule has 3 rings (SSSR count). The summed E-state index contributed by atoms with van der Waals surface area (Å²) in [6.07, 6.45) is 2.08. The molecule has 1 N–H and O–H groups in total. The lowest BCUT2D eigenvalue weighted by molar-refractivity contribution is 0.372. The maximum atomic E-state index is 13.2. The second-order valence-corrected chi connectivity index (χ2v) is 5.30. The van der Waals surface area contributed by atoms with Gasteiger partial charge in [0.15, 0.2) is 0 Å². The molecule has 0 aliphatic heterocycles. The molecule has 0 unspecified atom stereocenters. The highest BCUT2D eigenvalue weighted by Gasteiger charge is 2.30. The Balaban J connectivity index is 1.58. The summed E-state index contributed by atoms with van der Waals surface area (Å²) in [5, 5.41) is 3.49. The second kappa shape index (κ2) is 5.53. The zero-order valence-corrected chi connectivity index (χ0v) is 11.5. The lowest BCUT2D eigenvalue weighted by Crippen LogP contribution is -2.34. The Morgan fingerprint density at radius 3 is 2.65 bits per heavy atom. The van der Waals surface area contributed by atoms with Gasteiger partial charge in [0, 0.05) is 17.8 Å². The summed E-state index contributed by atoms with van der Waals surface area (Å²) in [7, 11) is 1.67. The lowest BCUT2D eigenvalue weighted by atomic mass is 9.76. The second-order valence-electron chi connectivity index (χ2n) is 5.30. The summed E-state index contributed by atoms with van der Waals surface area (Å²) in [6.45, 7) is 0. The Labute approximate surface area is 118 Å². The van der Waals surface area contributed by atoms with E-state index in [1.54, 1.807) is 19.2 Å². The van der Waals surface area contributed by atoms with Crippen LogP contribution < -0.4 is 10.1 Å². The molecule has 3 heteroatoms. The van der Waals surface area contributed by atoms with Gasteiger partial charge in [0.2, 0.25) is 0 Å². The number of methoxy groups -OCH3 is 1. The molecule has 1 aliphatic rings. The zero-order valence-electron chi connectivity index (χ0n) is 11.5. The van der Waals surface area contributed by atoms with Crippen molar-refractivity contribution in [1.82, 2.24) is 0 Å². The van der Waals surface area contributed by atoms with Crippen molar-refractivity contribution >= 4 is 5.69 Å². The van der Waals surface area contributed by atoms with Gasteiger partial charge < -0.3 is 10.1 Å². The molecule has 0 atom stereocenters. The van der Waals surface area contributed by atoms with Crippen molar-refractivity contribution in [2.45, 2.75) is 24.8 Å². The maximum Gasteiger partial charge on any atom is 0.123 e. The number of nitrogens with one attached hydrogen (secondary N) is 1. The fourth-order valence-electron chi connectivity index (χ4n) is 2.72. The predicted octanol–water partition coefficient (Wildman–Crippen LogP) is 4.19. The van der Waals surface area contributed by atoms with Gasteiger partial charge in [-0.3, -0.25) is 0 Å². The average Bonchev–Trinajstić information content (AvgIpc) is 2.42. The highest BCUT2D eigenvalue weighted by Crippen LogP contribution is 2.38. The van der Waals surface area contributed by atoms with E-state index >= 15 is 0 Å². The van der Waals surface area contributed by atoms with Crippen molar-refractivity contribution in [2.24, 2.45) is 0 Å². The number of benzene rings is 2. The van der Waals surface area contributed by atoms with Crippen molar-refractivity contribution in [3.63, 3.8) is 0 Å². The molecular weight excluding hydrogens is 253 g/mol. The molecule has 0 amide bonds. The molecular formula is C17H18FNO. The molecule has 0 heterocycles. The Morgan fingerprint density at radius 2 is 1.90 bits per heavy atom. The van der Waals surface area contributed by atoms with Gasteiger partial charge in [-0.25, -0.2) is 4.39 Å². The molecule has 0 spiro atoms. The van der Waals surface area contributed by atoms with E-state index in [0.29, 0.717) is 12.0 Å². The van der Waals surface area contributed by atoms with Crippen molar-refractivity contribution in [1.29, 1.82) is 0 Å². The van der Waals surface area contributed by atoms with Gasteiger partial charge in [-0.05, 0) is 48.6 Å². The monoisotopic (exact) mass is 271 g/mol. The van der Waals surface area contributed by atoms with Crippen molar-refractivity contribution in [2.75, 3.05) is 12.4 Å². The number of hydrogen-bond acceptors (Lipinski definition) is 2. The van der Waals surface area contributed by atoms with Gasteiger partial charge in [0.1, 0.15) is 11.6 Å². The highest BCUT2D eigenvalue weighted by molar-refractivity contribution is 5.49. The van der Waals surface area contributed by atoms with Crippen LogP contribution in [-0.4, -0.2) is 13.2 Å². The van der Waals surface area contributed by atoms with E-state index < -0.39 is 0 Å². The van der Waals surface area contributed by atoms with Crippen molar-refractivity contribution in [3.8, 4) is 5.75 Å². The summed E-state index contributed by atoms with van der Waals surface area (Å²) in [4.78, 5) is 0. The molecule has 104 valence electrons. The Bertz CT molecular complexity index is 593.